The maximum atomic E-state index is 12.8. The van der Waals surface area contributed by atoms with Crippen LogP contribution in [0.1, 0.15) is 35.2 Å². The van der Waals surface area contributed by atoms with Crippen LogP contribution in [0.4, 0.5) is 0 Å². The molecule has 2 aromatic carbocycles. The van der Waals surface area contributed by atoms with Gasteiger partial charge in [0.25, 0.3) is 0 Å². The van der Waals surface area contributed by atoms with Gasteiger partial charge in [-0.25, -0.2) is 0 Å². The van der Waals surface area contributed by atoms with Gasteiger partial charge in [-0.15, -0.1) is 0 Å². The standard InChI is InChI=1S/C22H20N2O/c25-22(19-15-18(19)16-9-3-1-4-10-16)24-21(17-11-5-2-6-12-17)20-13-7-8-14-23-20/h1-14,18-19,21H,15H2,(H,24,25)/t18-,19-,21+/m0/s1. The second-order valence-corrected chi connectivity index (χ2v) is 6.47. The van der Waals surface area contributed by atoms with Crippen LogP contribution in [-0.4, -0.2) is 10.9 Å². The molecule has 3 heteroatoms. The van der Waals surface area contributed by atoms with Gasteiger partial charge >= 0.3 is 0 Å². The number of nitrogens with zero attached hydrogens (tertiary/aromatic N) is 1. The Morgan fingerprint density at radius 2 is 1.60 bits per heavy atom. The number of carbonyl (C=O) groups excluding carboxylic acids is 1. The number of pyridine rings is 1. The molecule has 1 heterocycles. The van der Waals surface area contributed by atoms with Gasteiger partial charge in [0.15, 0.2) is 0 Å². The van der Waals surface area contributed by atoms with Crippen LogP contribution in [-0.2, 0) is 4.79 Å². The monoisotopic (exact) mass is 328 g/mol. The molecule has 0 spiro atoms. The third-order valence-corrected chi connectivity index (χ3v) is 4.76. The fraction of sp³-hybridized carbons (Fsp3) is 0.182. The van der Waals surface area contributed by atoms with Gasteiger partial charge in [-0.1, -0.05) is 66.7 Å². The van der Waals surface area contributed by atoms with Gasteiger partial charge in [-0.05, 0) is 35.6 Å². The van der Waals surface area contributed by atoms with Gasteiger partial charge in [0.05, 0.1) is 11.7 Å². The SMILES string of the molecule is O=C(N[C@H](c1ccccc1)c1ccccn1)[C@H]1C[C@H]1c1ccccc1. The third kappa shape index (κ3) is 3.45. The lowest BCUT2D eigenvalue weighted by molar-refractivity contribution is -0.122. The van der Waals surface area contributed by atoms with Crippen LogP contribution in [0.2, 0.25) is 0 Å². The van der Waals surface area contributed by atoms with Gasteiger partial charge < -0.3 is 5.32 Å². The van der Waals surface area contributed by atoms with Gasteiger partial charge in [0.1, 0.15) is 0 Å². The first-order chi connectivity index (χ1) is 12.3. The molecular formula is C22H20N2O. The predicted octanol–water partition coefficient (Wildman–Crippen LogP) is 4.09. The lowest BCUT2D eigenvalue weighted by Gasteiger charge is -2.19. The molecule has 1 amide bonds. The first-order valence-corrected chi connectivity index (χ1v) is 8.64. The van der Waals surface area contributed by atoms with Crippen LogP contribution in [0.3, 0.4) is 0 Å². The van der Waals surface area contributed by atoms with Crippen LogP contribution >= 0.6 is 0 Å². The Labute approximate surface area is 147 Å². The molecule has 0 saturated heterocycles. The Hall–Kier alpha value is -2.94. The van der Waals surface area contributed by atoms with Crippen LogP contribution in [0.5, 0.6) is 0 Å². The van der Waals surface area contributed by atoms with Crippen molar-refractivity contribution in [2.24, 2.45) is 5.92 Å². The minimum absolute atomic E-state index is 0.0531. The zero-order valence-electron chi connectivity index (χ0n) is 13.9. The highest BCUT2D eigenvalue weighted by Crippen LogP contribution is 2.47. The topological polar surface area (TPSA) is 42.0 Å². The Bertz CT molecular complexity index is 794. The number of aromatic nitrogens is 1. The summed E-state index contributed by atoms with van der Waals surface area (Å²) in [7, 11) is 0. The number of nitrogens with one attached hydrogen (secondary N) is 1. The van der Waals surface area contributed by atoms with Crippen LogP contribution in [0, 0.1) is 5.92 Å². The molecule has 3 aromatic rings. The lowest BCUT2D eigenvalue weighted by atomic mass is 10.0. The Balaban J connectivity index is 1.53. The molecule has 0 radical (unpaired) electrons. The molecule has 1 aliphatic carbocycles. The fourth-order valence-corrected chi connectivity index (χ4v) is 3.32. The maximum absolute atomic E-state index is 12.8. The van der Waals surface area contributed by atoms with Crippen molar-refractivity contribution in [2.45, 2.75) is 18.4 Å². The predicted molar refractivity (Wildman–Crippen MR) is 98.0 cm³/mol. The number of hydrogen-bond donors (Lipinski definition) is 1. The van der Waals surface area contributed by atoms with Gasteiger partial charge in [0.2, 0.25) is 5.91 Å². The van der Waals surface area contributed by atoms with Crippen molar-refractivity contribution in [3.05, 3.63) is 102 Å². The van der Waals surface area contributed by atoms with Crippen LogP contribution < -0.4 is 5.32 Å². The molecule has 1 aromatic heterocycles. The molecule has 4 rings (SSSR count). The molecule has 124 valence electrons. The fourth-order valence-electron chi connectivity index (χ4n) is 3.32. The summed E-state index contributed by atoms with van der Waals surface area (Å²) in [4.78, 5) is 17.3. The van der Waals surface area contributed by atoms with E-state index in [0.29, 0.717) is 5.92 Å². The number of rotatable bonds is 5. The minimum Gasteiger partial charge on any atom is -0.343 e. The van der Waals surface area contributed by atoms with Crippen molar-refractivity contribution in [1.29, 1.82) is 0 Å². The Kier molecular flexibility index (Phi) is 4.30. The highest BCUT2D eigenvalue weighted by molar-refractivity contribution is 5.83. The number of amides is 1. The maximum Gasteiger partial charge on any atom is 0.224 e. The lowest BCUT2D eigenvalue weighted by Crippen LogP contribution is -2.31. The second kappa shape index (κ2) is 6.89. The summed E-state index contributed by atoms with van der Waals surface area (Å²) < 4.78 is 0. The molecule has 1 N–H and O–H groups in total. The summed E-state index contributed by atoms with van der Waals surface area (Å²) in [5.74, 6) is 0.493. The minimum atomic E-state index is -0.216. The summed E-state index contributed by atoms with van der Waals surface area (Å²) in [6.07, 6.45) is 2.68. The van der Waals surface area contributed by atoms with Crippen molar-refractivity contribution in [2.75, 3.05) is 0 Å². The average Bonchev–Trinajstić information content (AvgIpc) is 3.49. The van der Waals surface area contributed by atoms with E-state index < -0.39 is 0 Å². The average molecular weight is 328 g/mol. The van der Waals surface area contributed by atoms with Crippen molar-refractivity contribution in [3.63, 3.8) is 0 Å². The van der Waals surface area contributed by atoms with Gasteiger partial charge in [-0.2, -0.15) is 0 Å². The van der Waals surface area contributed by atoms with Crippen molar-refractivity contribution in [3.8, 4) is 0 Å². The van der Waals surface area contributed by atoms with E-state index in [2.05, 4.69) is 22.4 Å². The largest absolute Gasteiger partial charge is 0.343 e. The first kappa shape index (κ1) is 15.6. The molecule has 1 aliphatic rings. The molecule has 3 nitrogen and oxygen atoms in total. The molecule has 0 unspecified atom stereocenters. The van der Waals surface area contributed by atoms with Gasteiger partial charge in [0, 0.05) is 12.1 Å². The molecule has 25 heavy (non-hydrogen) atoms. The van der Waals surface area contributed by atoms with E-state index in [1.54, 1.807) is 6.20 Å². The van der Waals surface area contributed by atoms with E-state index in [0.717, 1.165) is 17.7 Å². The van der Waals surface area contributed by atoms with E-state index in [-0.39, 0.29) is 17.9 Å². The second-order valence-electron chi connectivity index (χ2n) is 6.47. The van der Waals surface area contributed by atoms with Crippen molar-refractivity contribution >= 4 is 5.91 Å². The highest BCUT2D eigenvalue weighted by atomic mass is 16.2. The molecule has 3 atom stereocenters. The smallest absolute Gasteiger partial charge is 0.224 e. The molecular weight excluding hydrogens is 308 g/mol. The van der Waals surface area contributed by atoms with E-state index in [1.807, 2.05) is 66.7 Å². The quantitative estimate of drug-likeness (QED) is 0.766. The van der Waals surface area contributed by atoms with Crippen LogP contribution in [0.15, 0.2) is 85.1 Å². The summed E-state index contributed by atoms with van der Waals surface area (Å²) in [6.45, 7) is 0. The molecule has 1 fully saturated rings. The molecule has 1 saturated carbocycles. The van der Waals surface area contributed by atoms with Crippen molar-refractivity contribution in [1.82, 2.24) is 10.3 Å². The zero-order valence-corrected chi connectivity index (χ0v) is 13.9. The summed E-state index contributed by atoms with van der Waals surface area (Å²) in [6, 6.07) is 25.9. The Morgan fingerprint density at radius 1 is 0.920 bits per heavy atom. The van der Waals surface area contributed by atoms with Crippen molar-refractivity contribution < 1.29 is 4.79 Å². The van der Waals surface area contributed by atoms with Gasteiger partial charge in [-0.3, -0.25) is 9.78 Å². The normalized spacial score (nSPS) is 19.8. The zero-order chi connectivity index (χ0) is 17.1. The number of hydrogen-bond acceptors (Lipinski definition) is 2. The molecule has 0 bridgehead atoms. The molecule has 0 aliphatic heterocycles. The van der Waals surface area contributed by atoms with E-state index in [4.69, 9.17) is 0 Å². The number of carbonyl (C=O) groups is 1. The number of benzene rings is 2. The Morgan fingerprint density at radius 3 is 2.28 bits per heavy atom. The summed E-state index contributed by atoms with van der Waals surface area (Å²) in [5.41, 5.74) is 3.15. The summed E-state index contributed by atoms with van der Waals surface area (Å²) >= 11 is 0. The van der Waals surface area contributed by atoms with E-state index in [1.165, 1.54) is 5.56 Å². The summed E-state index contributed by atoms with van der Waals surface area (Å²) in [5, 5.41) is 3.21. The van der Waals surface area contributed by atoms with E-state index in [9.17, 15) is 4.79 Å². The first-order valence-electron chi connectivity index (χ1n) is 8.64. The highest BCUT2D eigenvalue weighted by Gasteiger charge is 2.44. The third-order valence-electron chi connectivity index (χ3n) is 4.76. The van der Waals surface area contributed by atoms with E-state index >= 15 is 0 Å². The van der Waals surface area contributed by atoms with Crippen LogP contribution in [0.25, 0.3) is 0 Å².